The maximum Gasteiger partial charge on any atom is 0.407 e. The molecule has 102 valence electrons. The van der Waals surface area contributed by atoms with Crippen LogP contribution in [-0.2, 0) is 11.3 Å². The number of methoxy groups -OCH3 is 1. The molecule has 5 heteroatoms. The van der Waals surface area contributed by atoms with Crippen LogP contribution in [0.25, 0.3) is 0 Å². The first-order chi connectivity index (χ1) is 8.49. The van der Waals surface area contributed by atoms with E-state index in [1.165, 1.54) is 12.1 Å². The van der Waals surface area contributed by atoms with Crippen LogP contribution in [0, 0.1) is 0 Å². The Kier molecular flexibility index (Phi) is 5.62. The predicted octanol–water partition coefficient (Wildman–Crippen LogP) is 3.44. The van der Waals surface area contributed by atoms with Gasteiger partial charge in [0.2, 0.25) is 0 Å². The Morgan fingerprint density at radius 3 is 2.28 bits per heavy atom. The first-order valence-corrected chi connectivity index (χ1v) is 5.87. The van der Waals surface area contributed by atoms with Crippen LogP contribution in [-0.4, -0.2) is 19.8 Å². The van der Waals surface area contributed by atoms with Crippen molar-refractivity contribution in [3.8, 4) is 0 Å². The Hall–Kier alpha value is -1.07. The zero-order valence-corrected chi connectivity index (χ0v) is 10.6. The lowest BCUT2D eigenvalue weighted by atomic mass is 10.0. The molecule has 0 aromatic heterocycles. The standard InChI is InChI=1S/C13H18F3NO/c1-3-8-17-12(13(14,15)16)11-6-4-10(5-7-11)9-18-2/h4-7,12,17H,3,8-9H2,1-2H3. The van der Waals surface area contributed by atoms with Gasteiger partial charge in [0.15, 0.2) is 0 Å². The summed E-state index contributed by atoms with van der Waals surface area (Å²) in [6, 6.07) is 4.70. The zero-order valence-electron chi connectivity index (χ0n) is 10.6. The van der Waals surface area contributed by atoms with Gasteiger partial charge < -0.3 is 10.1 Å². The van der Waals surface area contributed by atoms with Gasteiger partial charge in [0.05, 0.1) is 6.61 Å². The first-order valence-electron chi connectivity index (χ1n) is 5.87. The van der Waals surface area contributed by atoms with Gasteiger partial charge in [-0.15, -0.1) is 0 Å². The second kappa shape index (κ2) is 6.75. The molecule has 0 heterocycles. The lowest BCUT2D eigenvalue weighted by molar-refractivity contribution is -0.157. The molecular weight excluding hydrogens is 243 g/mol. The van der Waals surface area contributed by atoms with Crippen LogP contribution in [0.3, 0.4) is 0 Å². The fourth-order valence-electron chi connectivity index (χ4n) is 1.68. The van der Waals surface area contributed by atoms with Crippen LogP contribution >= 0.6 is 0 Å². The summed E-state index contributed by atoms with van der Waals surface area (Å²) in [5.74, 6) is 0. The highest BCUT2D eigenvalue weighted by Gasteiger charge is 2.40. The van der Waals surface area contributed by atoms with Gasteiger partial charge in [0, 0.05) is 7.11 Å². The Labute approximate surface area is 105 Å². The highest BCUT2D eigenvalue weighted by molar-refractivity contribution is 5.25. The molecule has 1 rings (SSSR count). The minimum absolute atomic E-state index is 0.232. The molecule has 0 fully saturated rings. The number of benzene rings is 1. The SMILES string of the molecule is CCCNC(c1ccc(COC)cc1)C(F)(F)F. The van der Waals surface area contributed by atoms with E-state index in [4.69, 9.17) is 4.74 Å². The molecular formula is C13H18F3NO. The average Bonchev–Trinajstić information content (AvgIpc) is 2.30. The molecule has 0 aliphatic rings. The first kappa shape index (κ1) is 15.0. The molecule has 18 heavy (non-hydrogen) atoms. The minimum Gasteiger partial charge on any atom is -0.380 e. The van der Waals surface area contributed by atoms with Crippen LogP contribution in [0.5, 0.6) is 0 Å². The van der Waals surface area contributed by atoms with Crippen molar-refractivity contribution in [3.05, 3.63) is 35.4 Å². The molecule has 1 aromatic rings. The summed E-state index contributed by atoms with van der Waals surface area (Å²) < 4.78 is 43.6. The number of alkyl halides is 3. The van der Waals surface area contributed by atoms with Gasteiger partial charge in [0.25, 0.3) is 0 Å². The molecule has 1 unspecified atom stereocenters. The Balaban J connectivity index is 2.84. The normalized spacial score (nSPS) is 13.6. The molecule has 0 saturated carbocycles. The third-order valence-corrected chi connectivity index (χ3v) is 2.55. The maximum absolute atomic E-state index is 12.9. The Morgan fingerprint density at radius 2 is 1.83 bits per heavy atom. The number of nitrogens with one attached hydrogen (secondary N) is 1. The van der Waals surface area contributed by atoms with E-state index in [-0.39, 0.29) is 5.56 Å². The largest absolute Gasteiger partial charge is 0.407 e. The van der Waals surface area contributed by atoms with Crippen molar-refractivity contribution < 1.29 is 17.9 Å². The highest BCUT2D eigenvalue weighted by atomic mass is 19.4. The van der Waals surface area contributed by atoms with Gasteiger partial charge in [-0.25, -0.2) is 0 Å². The predicted molar refractivity (Wildman–Crippen MR) is 64.2 cm³/mol. The molecule has 0 saturated heterocycles. The summed E-state index contributed by atoms with van der Waals surface area (Å²) in [5.41, 5.74) is 1.09. The summed E-state index contributed by atoms with van der Waals surface area (Å²) in [7, 11) is 1.55. The fraction of sp³-hybridized carbons (Fsp3) is 0.538. The van der Waals surface area contributed by atoms with E-state index in [9.17, 15) is 13.2 Å². The van der Waals surface area contributed by atoms with Crippen LogP contribution in [0.15, 0.2) is 24.3 Å². The van der Waals surface area contributed by atoms with Gasteiger partial charge >= 0.3 is 6.18 Å². The van der Waals surface area contributed by atoms with Crippen molar-refractivity contribution in [3.63, 3.8) is 0 Å². The second-order valence-electron chi connectivity index (χ2n) is 4.10. The molecule has 1 atom stereocenters. The summed E-state index contributed by atoms with van der Waals surface area (Å²) in [6.45, 7) is 2.57. The Bertz CT molecular complexity index is 348. The third-order valence-electron chi connectivity index (χ3n) is 2.55. The average molecular weight is 261 g/mol. The van der Waals surface area contributed by atoms with Crippen molar-refractivity contribution in [2.75, 3.05) is 13.7 Å². The molecule has 0 aliphatic heterocycles. The summed E-state index contributed by atoms with van der Waals surface area (Å²) in [6.07, 6.45) is -3.62. The maximum atomic E-state index is 12.9. The summed E-state index contributed by atoms with van der Waals surface area (Å²) in [4.78, 5) is 0. The van der Waals surface area contributed by atoms with E-state index in [0.717, 1.165) is 5.56 Å². The van der Waals surface area contributed by atoms with E-state index in [1.54, 1.807) is 19.2 Å². The van der Waals surface area contributed by atoms with E-state index in [0.29, 0.717) is 19.6 Å². The number of halogens is 3. The lowest BCUT2D eigenvalue weighted by Gasteiger charge is -2.22. The molecule has 2 nitrogen and oxygen atoms in total. The molecule has 0 radical (unpaired) electrons. The zero-order chi connectivity index (χ0) is 13.6. The number of rotatable bonds is 6. The molecule has 1 aromatic carbocycles. The smallest absolute Gasteiger partial charge is 0.380 e. The summed E-state index contributed by atoms with van der Waals surface area (Å²) in [5, 5.41) is 2.52. The number of ether oxygens (including phenoxy) is 1. The van der Waals surface area contributed by atoms with Crippen molar-refractivity contribution in [2.24, 2.45) is 0 Å². The lowest BCUT2D eigenvalue weighted by Crippen LogP contribution is -2.34. The molecule has 0 amide bonds. The van der Waals surface area contributed by atoms with Crippen molar-refractivity contribution in [1.82, 2.24) is 5.32 Å². The van der Waals surface area contributed by atoms with Gasteiger partial charge in [-0.3, -0.25) is 0 Å². The van der Waals surface area contributed by atoms with Crippen LogP contribution in [0.4, 0.5) is 13.2 Å². The summed E-state index contributed by atoms with van der Waals surface area (Å²) >= 11 is 0. The third kappa shape index (κ3) is 4.31. The van der Waals surface area contributed by atoms with Crippen LogP contribution < -0.4 is 5.32 Å². The van der Waals surface area contributed by atoms with Crippen molar-refractivity contribution in [2.45, 2.75) is 32.2 Å². The highest BCUT2D eigenvalue weighted by Crippen LogP contribution is 2.32. The van der Waals surface area contributed by atoms with E-state index in [1.807, 2.05) is 6.92 Å². The van der Waals surface area contributed by atoms with E-state index >= 15 is 0 Å². The van der Waals surface area contributed by atoms with Crippen LogP contribution in [0.2, 0.25) is 0 Å². The Morgan fingerprint density at radius 1 is 1.22 bits per heavy atom. The minimum atomic E-state index is -4.28. The molecule has 1 N–H and O–H groups in total. The van der Waals surface area contributed by atoms with Gasteiger partial charge in [0.1, 0.15) is 6.04 Å². The molecule has 0 aliphatic carbocycles. The number of hydrogen-bond acceptors (Lipinski definition) is 2. The van der Waals surface area contributed by atoms with Crippen molar-refractivity contribution in [1.29, 1.82) is 0 Å². The van der Waals surface area contributed by atoms with Gasteiger partial charge in [-0.05, 0) is 24.1 Å². The molecule has 0 spiro atoms. The monoisotopic (exact) mass is 261 g/mol. The molecule has 0 bridgehead atoms. The number of hydrogen-bond donors (Lipinski definition) is 1. The second-order valence-corrected chi connectivity index (χ2v) is 4.10. The topological polar surface area (TPSA) is 21.3 Å². The quantitative estimate of drug-likeness (QED) is 0.847. The van der Waals surface area contributed by atoms with E-state index in [2.05, 4.69) is 5.32 Å². The van der Waals surface area contributed by atoms with Crippen molar-refractivity contribution >= 4 is 0 Å². The van der Waals surface area contributed by atoms with E-state index < -0.39 is 12.2 Å². The van der Waals surface area contributed by atoms with Gasteiger partial charge in [-0.1, -0.05) is 31.2 Å². The van der Waals surface area contributed by atoms with Gasteiger partial charge in [-0.2, -0.15) is 13.2 Å². The fourth-order valence-corrected chi connectivity index (χ4v) is 1.68. The van der Waals surface area contributed by atoms with Crippen LogP contribution in [0.1, 0.15) is 30.5 Å².